The second-order valence-corrected chi connectivity index (χ2v) is 4.35. The minimum Gasteiger partial charge on any atom is -0.366 e. The molecule has 0 radical (unpaired) electrons. The standard InChI is InChI=1S/C12H16ClN3O2/c1-2-3-9(14)12(18)16-10-6-7(11(15)17)4-5-8(10)13/h4-6,9H,2-3,14H2,1H3,(H2,15,17)(H,16,18)/t9-/m0/s1. The predicted octanol–water partition coefficient (Wildman–Crippen LogP) is 1.50. The van der Waals surface area contributed by atoms with E-state index in [1.165, 1.54) is 18.2 Å². The number of nitrogens with one attached hydrogen (secondary N) is 1. The number of primary amides is 1. The Morgan fingerprint density at radius 1 is 1.44 bits per heavy atom. The first-order valence-electron chi connectivity index (χ1n) is 5.61. The fraction of sp³-hybridized carbons (Fsp3) is 0.333. The van der Waals surface area contributed by atoms with Gasteiger partial charge < -0.3 is 16.8 Å². The van der Waals surface area contributed by atoms with Crippen molar-refractivity contribution in [3.05, 3.63) is 28.8 Å². The molecule has 0 fully saturated rings. The van der Waals surface area contributed by atoms with Crippen LogP contribution < -0.4 is 16.8 Å². The maximum atomic E-state index is 11.7. The molecule has 2 amide bonds. The molecule has 1 rings (SSSR count). The summed E-state index contributed by atoms with van der Waals surface area (Å²) in [7, 11) is 0. The van der Waals surface area contributed by atoms with Crippen molar-refractivity contribution in [1.29, 1.82) is 0 Å². The van der Waals surface area contributed by atoms with Crippen molar-refractivity contribution < 1.29 is 9.59 Å². The van der Waals surface area contributed by atoms with Crippen molar-refractivity contribution in [3.63, 3.8) is 0 Å². The van der Waals surface area contributed by atoms with Crippen LogP contribution in [0.4, 0.5) is 5.69 Å². The molecule has 18 heavy (non-hydrogen) atoms. The van der Waals surface area contributed by atoms with Crippen LogP contribution in [-0.2, 0) is 4.79 Å². The molecule has 0 saturated carbocycles. The second kappa shape index (κ2) is 6.37. The molecule has 0 heterocycles. The highest BCUT2D eigenvalue weighted by atomic mass is 35.5. The predicted molar refractivity (Wildman–Crippen MR) is 71.5 cm³/mol. The van der Waals surface area contributed by atoms with Crippen LogP contribution in [-0.4, -0.2) is 17.9 Å². The summed E-state index contributed by atoms with van der Waals surface area (Å²) in [6, 6.07) is 3.83. The van der Waals surface area contributed by atoms with Crippen LogP contribution in [0.25, 0.3) is 0 Å². The van der Waals surface area contributed by atoms with E-state index in [1.54, 1.807) is 0 Å². The first-order valence-corrected chi connectivity index (χ1v) is 5.99. The Labute approximate surface area is 110 Å². The number of carbonyl (C=O) groups is 2. The smallest absolute Gasteiger partial charge is 0.248 e. The Bertz CT molecular complexity index is 463. The van der Waals surface area contributed by atoms with E-state index in [9.17, 15) is 9.59 Å². The normalized spacial score (nSPS) is 11.9. The van der Waals surface area contributed by atoms with Crippen LogP contribution in [0.3, 0.4) is 0 Å². The molecule has 0 bridgehead atoms. The highest BCUT2D eigenvalue weighted by Gasteiger charge is 2.14. The number of halogens is 1. The van der Waals surface area contributed by atoms with Crippen molar-refractivity contribution in [1.82, 2.24) is 0 Å². The van der Waals surface area contributed by atoms with E-state index in [4.69, 9.17) is 23.1 Å². The first kappa shape index (κ1) is 14.5. The number of nitrogens with two attached hydrogens (primary N) is 2. The van der Waals surface area contributed by atoms with E-state index in [2.05, 4.69) is 5.32 Å². The van der Waals surface area contributed by atoms with E-state index in [1.807, 2.05) is 6.92 Å². The summed E-state index contributed by atoms with van der Waals surface area (Å²) in [4.78, 5) is 22.8. The van der Waals surface area contributed by atoms with Crippen molar-refractivity contribution in [2.24, 2.45) is 11.5 Å². The molecule has 0 saturated heterocycles. The molecule has 1 aromatic rings. The van der Waals surface area contributed by atoms with Crippen LogP contribution in [0.15, 0.2) is 18.2 Å². The molecule has 6 heteroatoms. The van der Waals surface area contributed by atoms with Crippen molar-refractivity contribution in [3.8, 4) is 0 Å². The lowest BCUT2D eigenvalue weighted by Crippen LogP contribution is -2.35. The Kier molecular flexibility index (Phi) is 5.12. The van der Waals surface area contributed by atoms with E-state index >= 15 is 0 Å². The van der Waals surface area contributed by atoms with Gasteiger partial charge in [-0.05, 0) is 24.6 Å². The Balaban J connectivity index is 2.86. The zero-order chi connectivity index (χ0) is 13.7. The van der Waals surface area contributed by atoms with Crippen LogP contribution >= 0.6 is 11.6 Å². The molecule has 5 N–H and O–H groups in total. The van der Waals surface area contributed by atoms with Gasteiger partial charge in [-0.1, -0.05) is 24.9 Å². The van der Waals surface area contributed by atoms with Crippen LogP contribution in [0.2, 0.25) is 5.02 Å². The van der Waals surface area contributed by atoms with Gasteiger partial charge in [-0.25, -0.2) is 0 Å². The molecular weight excluding hydrogens is 254 g/mol. The Morgan fingerprint density at radius 2 is 2.11 bits per heavy atom. The van der Waals surface area contributed by atoms with Gasteiger partial charge in [0.25, 0.3) is 0 Å². The molecule has 0 aromatic heterocycles. The molecule has 0 aliphatic carbocycles. The quantitative estimate of drug-likeness (QED) is 0.755. The number of hydrogen-bond donors (Lipinski definition) is 3. The maximum absolute atomic E-state index is 11.7. The third-order valence-electron chi connectivity index (χ3n) is 2.45. The fourth-order valence-corrected chi connectivity index (χ4v) is 1.61. The van der Waals surface area contributed by atoms with E-state index in [0.717, 1.165) is 6.42 Å². The molecule has 98 valence electrons. The Hall–Kier alpha value is -1.59. The van der Waals surface area contributed by atoms with Gasteiger partial charge in [0, 0.05) is 5.56 Å². The minimum absolute atomic E-state index is 0.277. The van der Waals surface area contributed by atoms with Crippen LogP contribution in [0.5, 0.6) is 0 Å². The maximum Gasteiger partial charge on any atom is 0.248 e. The minimum atomic E-state index is -0.594. The summed E-state index contributed by atoms with van der Waals surface area (Å²) in [5.74, 6) is -0.916. The molecule has 0 unspecified atom stereocenters. The van der Waals surface area contributed by atoms with Gasteiger partial charge in [0.05, 0.1) is 16.8 Å². The number of rotatable bonds is 5. The average Bonchev–Trinajstić information content (AvgIpc) is 2.31. The van der Waals surface area contributed by atoms with Gasteiger partial charge in [-0.2, -0.15) is 0 Å². The Morgan fingerprint density at radius 3 is 2.67 bits per heavy atom. The topological polar surface area (TPSA) is 98.2 Å². The van der Waals surface area contributed by atoms with E-state index in [-0.39, 0.29) is 11.5 Å². The number of anilines is 1. The highest BCUT2D eigenvalue weighted by molar-refractivity contribution is 6.34. The monoisotopic (exact) mass is 269 g/mol. The zero-order valence-corrected chi connectivity index (χ0v) is 10.8. The zero-order valence-electron chi connectivity index (χ0n) is 10.1. The second-order valence-electron chi connectivity index (χ2n) is 3.94. The third-order valence-corrected chi connectivity index (χ3v) is 2.77. The van der Waals surface area contributed by atoms with Gasteiger partial charge in [-0.15, -0.1) is 0 Å². The van der Waals surface area contributed by atoms with Crippen LogP contribution in [0.1, 0.15) is 30.1 Å². The summed E-state index contributed by atoms with van der Waals surface area (Å²) in [5, 5.41) is 2.92. The molecule has 0 aliphatic heterocycles. The summed E-state index contributed by atoms with van der Waals surface area (Å²) >= 11 is 5.92. The number of hydrogen-bond acceptors (Lipinski definition) is 3. The summed E-state index contributed by atoms with van der Waals surface area (Å²) in [6.07, 6.45) is 1.39. The van der Waals surface area contributed by atoms with Gasteiger partial charge in [0.15, 0.2) is 0 Å². The lowest BCUT2D eigenvalue weighted by atomic mass is 10.1. The molecule has 0 spiro atoms. The third kappa shape index (κ3) is 3.72. The molecular formula is C12H16ClN3O2. The fourth-order valence-electron chi connectivity index (χ4n) is 1.44. The average molecular weight is 270 g/mol. The number of amides is 2. The van der Waals surface area contributed by atoms with Gasteiger partial charge in [0.2, 0.25) is 11.8 Å². The van der Waals surface area contributed by atoms with Crippen molar-refractivity contribution >= 4 is 29.1 Å². The summed E-state index contributed by atoms with van der Waals surface area (Å²) in [5.41, 5.74) is 11.4. The van der Waals surface area contributed by atoms with Crippen LogP contribution in [0, 0.1) is 0 Å². The van der Waals surface area contributed by atoms with Crippen molar-refractivity contribution in [2.75, 3.05) is 5.32 Å². The first-order chi connectivity index (χ1) is 8.45. The molecule has 5 nitrogen and oxygen atoms in total. The molecule has 1 aromatic carbocycles. The van der Waals surface area contributed by atoms with Gasteiger partial charge in [0.1, 0.15) is 0 Å². The van der Waals surface area contributed by atoms with E-state index in [0.29, 0.717) is 17.1 Å². The highest BCUT2D eigenvalue weighted by Crippen LogP contribution is 2.23. The lowest BCUT2D eigenvalue weighted by Gasteiger charge is -2.12. The SMILES string of the molecule is CCC[C@H](N)C(=O)Nc1cc(C(N)=O)ccc1Cl. The number of benzene rings is 1. The molecule has 0 aliphatic rings. The van der Waals surface area contributed by atoms with Gasteiger partial charge in [-0.3, -0.25) is 9.59 Å². The summed E-state index contributed by atoms with van der Waals surface area (Å²) < 4.78 is 0. The van der Waals surface area contributed by atoms with E-state index < -0.39 is 11.9 Å². The van der Waals surface area contributed by atoms with Gasteiger partial charge >= 0.3 is 0 Å². The molecule has 1 atom stereocenters. The lowest BCUT2D eigenvalue weighted by molar-refractivity contribution is -0.117. The largest absolute Gasteiger partial charge is 0.366 e. The summed E-state index contributed by atoms with van der Waals surface area (Å²) in [6.45, 7) is 1.94. The number of carbonyl (C=O) groups excluding carboxylic acids is 2. The van der Waals surface area contributed by atoms with Crippen molar-refractivity contribution in [2.45, 2.75) is 25.8 Å².